The second kappa shape index (κ2) is 8.58. The summed E-state index contributed by atoms with van der Waals surface area (Å²) in [5.41, 5.74) is 1.65. The summed E-state index contributed by atoms with van der Waals surface area (Å²) in [7, 11) is 5.45. The maximum atomic E-state index is 12.4. The Labute approximate surface area is 163 Å². The smallest absolute Gasteiger partial charge is 0.291 e. The van der Waals surface area contributed by atoms with E-state index in [4.69, 9.17) is 9.47 Å². The fourth-order valence-corrected chi connectivity index (χ4v) is 2.72. The molecule has 0 spiro atoms. The Hall–Kier alpha value is -3.32. The first-order valence-electron chi connectivity index (χ1n) is 8.89. The molecule has 2 aromatic rings. The number of hydrogen-bond donors (Lipinski definition) is 2. The minimum absolute atomic E-state index is 0.153. The molecule has 7 heteroatoms. The van der Waals surface area contributed by atoms with Crippen molar-refractivity contribution in [2.24, 2.45) is 0 Å². The van der Waals surface area contributed by atoms with E-state index >= 15 is 0 Å². The SMILES string of the molecule is COc1ccccc1/C=C1\Oc2ccc(C(=O)NCCN(C)C)cc2NC1=O. The molecule has 2 aromatic carbocycles. The number of nitrogens with one attached hydrogen (secondary N) is 2. The maximum Gasteiger partial charge on any atom is 0.291 e. The lowest BCUT2D eigenvalue weighted by Gasteiger charge is -2.21. The van der Waals surface area contributed by atoms with Gasteiger partial charge in [-0.1, -0.05) is 18.2 Å². The molecule has 2 amide bonds. The topological polar surface area (TPSA) is 79.9 Å². The van der Waals surface area contributed by atoms with Crippen molar-refractivity contribution < 1.29 is 19.1 Å². The second-order valence-corrected chi connectivity index (χ2v) is 6.58. The second-order valence-electron chi connectivity index (χ2n) is 6.58. The van der Waals surface area contributed by atoms with Crippen LogP contribution < -0.4 is 20.1 Å². The molecule has 1 heterocycles. The van der Waals surface area contributed by atoms with E-state index in [1.807, 2.05) is 43.3 Å². The number of carbonyl (C=O) groups is 2. The van der Waals surface area contributed by atoms with Crippen LogP contribution in [0.5, 0.6) is 11.5 Å². The van der Waals surface area contributed by atoms with Crippen molar-refractivity contribution >= 4 is 23.6 Å². The molecule has 0 unspecified atom stereocenters. The van der Waals surface area contributed by atoms with Gasteiger partial charge >= 0.3 is 0 Å². The number of amides is 2. The molecule has 146 valence electrons. The number of benzene rings is 2. The van der Waals surface area contributed by atoms with Gasteiger partial charge in [-0.2, -0.15) is 0 Å². The van der Waals surface area contributed by atoms with E-state index in [0.717, 1.165) is 12.1 Å². The summed E-state index contributed by atoms with van der Waals surface area (Å²) in [6, 6.07) is 12.3. The van der Waals surface area contributed by atoms with Crippen molar-refractivity contribution in [3.63, 3.8) is 0 Å². The van der Waals surface area contributed by atoms with Crippen LogP contribution in [-0.2, 0) is 4.79 Å². The third-order valence-corrected chi connectivity index (χ3v) is 4.20. The van der Waals surface area contributed by atoms with Gasteiger partial charge < -0.3 is 25.0 Å². The number of anilines is 1. The Morgan fingerprint density at radius 1 is 1.25 bits per heavy atom. The van der Waals surface area contributed by atoms with E-state index < -0.39 is 0 Å². The Bertz CT molecular complexity index is 922. The zero-order chi connectivity index (χ0) is 20.1. The lowest BCUT2D eigenvalue weighted by atomic mass is 10.1. The Balaban J connectivity index is 1.77. The highest BCUT2D eigenvalue weighted by atomic mass is 16.5. The van der Waals surface area contributed by atoms with E-state index in [9.17, 15) is 9.59 Å². The van der Waals surface area contributed by atoms with Gasteiger partial charge in [0.2, 0.25) is 0 Å². The molecule has 0 atom stereocenters. The Kier molecular flexibility index (Phi) is 5.96. The lowest BCUT2D eigenvalue weighted by molar-refractivity contribution is -0.115. The number of hydrogen-bond acceptors (Lipinski definition) is 5. The summed E-state index contributed by atoms with van der Waals surface area (Å²) in [6.45, 7) is 1.28. The number of fused-ring (bicyclic) bond motifs is 1. The van der Waals surface area contributed by atoms with Crippen LogP contribution >= 0.6 is 0 Å². The van der Waals surface area contributed by atoms with Crippen LogP contribution in [0, 0.1) is 0 Å². The first kappa shape index (κ1) is 19.4. The highest BCUT2D eigenvalue weighted by molar-refractivity contribution is 6.09. The number of rotatable bonds is 6. The first-order chi connectivity index (χ1) is 13.5. The zero-order valence-electron chi connectivity index (χ0n) is 16.1. The van der Waals surface area contributed by atoms with Crippen molar-refractivity contribution in [3.05, 3.63) is 59.4 Å². The molecule has 1 aliphatic rings. The molecule has 1 aliphatic heterocycles. The van der Waals surface area contributed by atoms with E-state index in [1.54, 1.807) is 31.4 Å². The molecule has 0 aliphatic carbocycles. The summed E-state index contributed by atoms with van der Waals surface area (Å²) in [4.78, 5) is 26.7. The van der Waals surface area contributed by atoms with Crippen LogP contribution in [0.3, 0.4) is 0 Å². The van der Waals surface area contributed by atoms with Gasteiger partial charge in [0.15, 0.2) is 11.5 Å². The average molecular weight is 381 g/mol. The van der Waals surface area contributed by atoms with Gasteiger partial charge in [-0.15, -0.1) is 0 Å². The van der Waals surface area contributed by atoms with Crippen molar-refractivity contribution in [2.75, 3.05) is 39.6 Å². The highest BCUT2D eigenvalue weighted by Gasteiger charge is 2.23. The van der Waals surface area contributed by atoms with Gasteiger partial charge in [-0.3, -0.25) is 9.59 Å². The van der Waals surface area contributed by atoms with Crippen LogP contribution in [0.1, 0.15) is 15.9 Å². The summed E-state index contributed by atoms with van der Waals surface area (Å²) in [5, 5.41) is 5.62. The molecule has 2 N–H and O–H groups in total. The number of nitrogens with zero attached hydrogens (tertiary/aromatic N) is 1. The minimum Gasteiger partial charge on any atom is -0.496 e. The molecule has 7 nitrogen and oxygen atoms in total. The average Bonchev–Trinajstić information content (AvgIpc) is 2.68. The molecule has 0 saturated heterocycles. The van der Waals surface area contributed by atoms with Gasteiger partial charge in [0, 0.05) is 24.2 Å². The number of methoxy groups -OCH3 is 1. The van der Waals surface area contributed by atoms with E-state index in [-0.39, 0.29) is 17.6 Å². The molecule has 0 saturated carbocycles. The van der Waals surface area contributed by atoms with Crippen molar-refractivity contribution in [2.45, 2.75) is 0 Å². The first-order valence-corrected chi connectivity index (χ1v) is 8.89. The minimum atomic E-state index is -0.386. The fraction of sp³-hybridized carbons (Fsp3) is 0.238. The largest absolute Gasteiger partial charge is 0.496 e. The Morgan fingerprint density at radius 3 is 2.79 bits per heavy atom. The van der Waals surface area contributed by atoms with Gasteiger partial charge in [0.05, 0.1) is 12.8 Å². The van der Waals surface area contributed by atoms with Crippen LogP contribution in [0.4, 0.5) is 5.69 Å². The predicted molar refractivity (Wildman–Crippen MR) is 108 cm³/mol. The third kappa shape index (κ3) is 4.50. The molecule has 28 heavy (non-hydrogen) atoms. The van der Waals surface area contributed by atoms with Crippen LogP contribution in [-0.4, -0.2) is 51.0 Å². The number of likely N-dealkylation sites (N-methyl/N-ethyl adjacent to an activating group) is 1. The van der Waals surface area contributed by atoms with Crippen molar-refractivity contribution in [1.82, 2.24) is 10.2 Å². The maximum absolute atomic E-state index is 12.4. The van der Waals surface area contributed by atoms with Gasteiger partial charge in [-0.05, 0) is 44.4 Å². The number of para-hydroxylation sites is 1. The predicted octanol–water partition coefficient (Wildman–Crippen LogP) is 2.36. The molecule has 0 fully saturated rings. The zero-order valence-corrected chi connectivity index (χ0v) is 16.1. The number of ether oxygens (including phenoxy) is 2. The molecular weight excluding hydrogens is 358 g/mol. The van der Waals surface area contributed by atoms with Crippen molar-refractivity contribution in [3.8, 4) is 11.5 Å². The van der Waals surface area contributed by atoms with Crippen LogP contribution in [0.15, 0.2) is 48.2 Å². The van der Waals surface area contributed by atoms with Gasteiger partial charge in [-0.25, -0.2) is 0 Å². The van der Waals surface area contributed by atoms with E-state index in [0.29, 0.717) is 29.3 Å². The fourth-order valence-electron chi connectivity index (χ4n) is 2.72. The molecule has 0 bridgehead atoms. The van der Waals surface area contributed by atoms with Gasteiger partial charge in [0.1, 0.15) is 5.75 Å². The lowest BCUT2D eigenvalue weighted by Crippen LogP contribution is -2.31. The molecule has 0 radical (unpaired) electrons. The standard InChI is InChI=1S/C21H23N3O4/c1-24(2)11-10-22-20(25)15-8-9-18-16(12-15)23-21(26)19(28-18)13-14-6-4-5-7-17(14)27-3/h4-9,12-13H,10-11H2,1-3H3,(H,22,25)(H,23,26)/b19-13-. The summed E-state index contributed by atoms with van der Waals surface area (Å²) in [5.74, 6) is 0.686. The summed E-state index contributed by atoms with van der Waals surface area (Å²) < 4.78 is 11.1. The van der Waals surface area contributed by atoms with E-state index in [2.05, 4.69) is 10.6 Å². The summed E-state index contributed by atoms with van der Waals surface area (Å²) in [6.07, 6.45) is 1.62. The van der Waals surface area contributed by atoms with Crippen LogP contribution in [0.25, 0.3) is 6.08 Å². The quantitative estimate of drug-likeness (QED) is 0.751. The molecule has 0 aromatic heterocycles. The summed E-state index contributed by atoms with van der Waals surface area (Å²) >= 11 is 0. The van der Waals surface area contributed by atoms with Gasteiger partial charge in [0.25, 0.3) is 11.8 Å². The molecular formula is C21H23N3O4. The van der Waals surface area contributed by atoms with E-state index in [1.165, 1.54) is 0 Å². The Morgan fingerprint density at radius 2 is 2.04 bits per heavy atom. The number of carbonyl (C=O) groups excluding carboxylic acids is 2. The van der Waals surface area contributed by atoms with Crippen LogP contribution in [0.2, 0.25) is 0 Å². The third-order valence-electron chi connectivity index (χ3n) is 4.20. The molecule has 3 rings (SSSR count). The normalized spacial score (nSPS) is 14.3. The highest BCUT2D eigenvalue weighted by Crippen LogP contribution is 2.33. The monoisotopic (exact) mass is 381 g/mol. The van der Waals surface area contributed by atoms with Crippen molar-refractivity contribution in [1.29, 1.82) is 0 Å².